The van der Waals surface area contributed by atoms with Crippen molar-refractivity contribution in [1.29, 1.82) is 0 Å². The highest BCUT2D eigenvalue weighted by atomic mass is 35.5. The van der Waals surface area contributed by atoms with Gasteiger partial charge in [-0.25, -0.2) is 17.5 Å². The van der Waals surface area contributed by atoms with E-state index in [0.29, 0.717) is 10.6 Å². The van der Waals surface area contributed by atoms with E-state index in [9.17, 15) is 13.2 Å². The molecule has 0 bridgehead atoms. The van der Waals surface area contributed by atoms with E-state index in [1.54, 1.807) is 24.3 Å². The van der Waals surface area contributed by atoms with E-state index in [1.165, 1.54) is 31.4 Å². The third kappa shape index (κ3) is 3.88. The van der Waals surface area contributed by atoms with E-state index >= 15 is 0 Å². The van der Waals surface area contributed by atoms with Crippen LogP contribution < -0.4 is 0 Å². The van der Waals surface area contributed by atoms with Crippen LogP contribution in [0.3, 0.4) is 0 Å². The first kappa shape index (κ1) is 17.9. The fourth-order valence-electron chi connectivity index (χ4n) is 1.96. The van der Waals surface area contributed by atoms with Crippen LogP contribution in [0.4, 0.5) is 0 Å². The largest absolute Gasteiger partial charge is 0.465 e. The second-order valence-electron chi connectivity index (χ2n) is 4.78. The van der Waals surface area contributed by atoms with Crippen LogP contribution >= 0.6 is 11.6 Å². The van der Waals surface area contributed by atoms with Gasteiger partial charge in [-0.3, -0.25) is 0 Å². The molecule has 0 radical (unpaired) electrons. The lowest BCUT2D eigenvalue weighted by molar-refractivity contribution is 0.0600. The number of carbonyl (C=O) groups excluding carboxylic acids is 1. The van der Waals surface area contributed by atoms with Gasteiger partial charge in [0, 0.05) is 11.1 Å². The number of benzene rings is 2. The van der Waals surface area contributed by atoms with Crippen LogP contribution in [0.5, 0.6) is 0 Å². The molecular formula is C17H14ClNO4S. The summed E-state index contributed by atoms with van der Waals surface area (Å²) in [5, 5.41) is 0.548. The summed E-state index contributed by atoms with van der Waals surface area (Å²) >= 11 is 5.81. The molecule has 0 fully saturated rings. The second kappa shape index (κ2) is 7.39. The lowest BCUT2D eigenvalue weighted by Crippen LogP contribution is -2.26. The third-order valence-electron chi connectivity index (χ3n) is 3.25. The van der Waals surface area contributed by atoms with Crippen LogP contribution in [0.25, 0.3) is 0 Å². The number of rotatable bonds is 5. The summed E-state index contributed by atoms with van der Waals surface area (Å²) < 4.78 is 30.7. The van der Waals surface area contributed by atoms with Crippen molar-refractivity contribution in [1.82, 2.24) is 4.31 Å². The van der Waals surface area contributed by atoms with Gasteiger partial charge >= 0.3 is 5.97 Å². The van der Waals surface area contributed by atoms with E-state index in [1.807, 2.05) is 0 Å². The van der Waals surface area contributed by atoms with Gasteiger partial charge in [-0.1, -0.05) is 30.2 Å². The van der Waals surface area contributed by atoms with Crippen LogP contribution in [0.15, 0.2) is 53.4 Å². The third-order valence-corrected chi connectivity index (χ3v) is 5.18. The molecule has 2 aromatic rings. The maximum Gasteiger partial charge on any atom is 0.337 e. The van der Waals surface area contributed by atoms with Crippen molar-refractivity contribution in [2.24, 2.45) is 0 Å². The Labute approximate surface area is 145 Å². The highest BCUT2D eigenvalue weighted by Gasteiger charge is 2.22. The summed E-state index contributed by atoms with van der Waals surface area (Å²) in [4.78, 5) is 11.4. The molecule has 0 amide bonds. The quantitative estimate of drug-likeness (QED) is 0.465. The molecule has 0 saturated heterocycles. The van der Waals surface area contributed by atoms with Crippen LogP contribution in [-0.2, 0) is 21.3 Å². The monoisotopic (exact) mass is 363 g/mol. The minimum absolute atomic E-state index is 0.00869. The highest BCUT2D eigenvalue weighted by molar-refractivity contribution is 7.89. The zero-order valence-corrected chi connectivity index (χ0v) is 14.3. The van der Waals surface area contributed by atoms with Crippen molar-refractivity contribution in [2.45, 2.75) is 11.4 Å². The molecule has 0 N–H and O–H groups in total. The Morgan fingerprint density at radius 3 is 2.25 bits per heavy atom. The number of nitrogens with zero attached hydrogens (tertiary/aromatic N) is 1. The maximum absolute atomic E-state index is 12.6. The van der Waals surface area contributed by atoms with Crippen molar-refractivity contribution in [3.8, 4) is 12.5 Å². The normalized spacial score (nSPS) is 10.7. The van der Waals surface area contributed by atoms with Crippen LogP contribution in [0, 0.1) is 12.5 Å². The van der Waals surface area contributed by atoms with Gasteiger partial charge in [0.15, 0.2) is 0 Å². The van der Waals surface area contributed by atoms with E-state index in [2.05, 4.69) is 10.8 Å². The van der Waals surface area contributed by atoms with Crippen LogP contribution in [0.1, 0.15) is 15.9 Å². The molecule has 0 saturated carbocycles. The Morgan fingerprint density at radius 1 is 1.17 bits per heavy atom. The second-order valence-corrected chi connectivity index (χ2v) is 7.08. The fraction of sp³-hybridized carbons (Fsp3) is 0.118. The van der Waals surface area contributed by atoms with Gasteiger partial charge in [0.25, 0.3) is 10.0 Å². The van der Waals surface area contributed by atoms with Crippen molar-refractivity contribution >= 4 is 27.6 Å². The van der Waals surface area contributed by atoms with E-state index in [-0.39, 0.29) is 17.0 Å². The van der Waals surface area contributed by atoms with Crippen LogP contribution in [-0.4, -0.2) is 25.8 Å². The van der Waals surface area contributed by atoms with Gasteiger partial charge in [0.05, 0.1) is 24.1 Å². The average molecular weight is 364 g/mol. The van der Waals surface area contributed by atoms with Crippen molar-refractivity contribution < 1.29 is 17.9 Å². The number of terminal acetylenes is 1. The number of halogens is 1. The number of ether oxygens (including phenoxy) is 1. The summed E-state index contributed by atoms with van der Waals surface area (Å²) in [5.74, 6) is -0.547. The summed E-state index contributed by atoms with van der Waals surface area (Å²) in [6.45, 7) is 0.00869. The zero-order chi connectivity index (χ0) is 17.7. The van der Waals surface area contributed by atoms with Crippen molar-refractivity contribution in [2.75, 3.05) is 7.11 Å². The molecule has 5 nitrogen and oxygen atoms in total. The van der Waals surface area contributed by atoms with E-state index < -0.39 is 16.0 Å². The molecule has 2 aromatic carbocycles. The summed E-state index contributed by atoms with van der Waals surface area (Å²) in [7, 11) is -2.65. The van der Waals surface area contributed by atoms with Gasteiger partial charge in [-0.05, 0) is 42.0 Å². The molecule has 124 valence electrons. The molecule has 0 unspecified atom stereocenters. The standard InChI is InChI=1S/C17H14ClNO4S/c1-3-19(12-13-4-8-15(18)9-5-13)24(21,22)16-10-6-14(7-11-16)17(20)23-2/h1,4-11H,12H2,2H3. The van der Waals surface area contributed by atoms with Gasteiger partial charge < -0.3 is 4.74 Å². The average Bonchev–Trinajstić information content (AvgIpc) is 2.60. The van der Waals surface area contributed by atoms with E-state index in [0.717, 1.165) is 4.31 Å². The molecule has 0 aliphatic heterocycles. The van der Waals surface area contributed by atoms with Crippen molar-refractivity contribution in [3.63, 3.8) is 0 Å². The molecular weight excluding hydrogens is 350 g/mol. The Kier molecular flexibility index (Phi) is 5.50. The Bertz CT molecular complexity index is 868. The van der Waals surface area contributed by atoms with Gasteiger partial charge in [-0.15, -0.1) is 0 Å². The van der Waals surface area contributed by atoms with Crippen LogP contribution in [0.2, 0.25) is 5.02 Å². The van der Waals surface area contributed by atoms with Gasteiger partial charge in [0.1, 0.15) is 0 Å². The summed E-state index contributed by atoms with van der Waals surface area (Å²) in [5.41, 5.74) is 0.952. The Balaban J connectivity index is 2.28. The van der Waals surface area contributed by atoms with Gasteiger partial charge in [-0.2, -0.15) is 0 Å². The molecule has 2 rings (SSSR count). The number of hydrogen-bond acceptors (Lipinski definition) is 4. The van der Waals surface area contributed by atoms with Crippen molar-refractivity contribution in [3.05, 3.63) is 64.7 Å². The summed E-state index contributed by atoms with van der Waals surface area (Å²) in [6.07, 6.45) is 5.37. The lowest BCUT2D eigenvalue weighted by atomic mass is 10.2. The number of carbonyl (C=O) groups is 1. The molecule has 0 aliphatic carbocycles. The smallest absolute Gasteiger partial charge is 0.337 e. The number of methoxy groups -OCH3 is 1. The number of esters is 1. The first-order chi connectivity index (χ1) is 11.4. The predicted octanol–water partition coefficient (Wildman–Crippen LogP) is 2.91. The molecule has 0 atom stereocenters. The first-order valence-corrected chi connectivity index (χ1v) is 8.62. The van der Waals surface area contributed by atoms with Gasteiger partial charge in [0.2, 0.25) is 0 Å². The Morgan fingerprint density at radius 2 is 1.75 bits per heavy atom. The highest BCUT2D eigenvalue weighted by Crippen LogP contribution is 2.19. The molecule has 0 aromatic heterocycles. The zero-order valence-electron chi connectivity index (χ0n) is 12.8. The summed E-state index contributed by atoms with van der Waals surface area (Å²) in [6, 6.07) is 14.2. The number of hydrogen-bond donors (Lipinski definition) is 0. The molecule has 0 heterocycles. The minimum Gasteiger partial charge on any atom is -0.465 e. The first-order valence-electron chi connectivity index (χ1n) is 6.80. The minimum atomic E-state index is -3.90. The predicted molar refractivity (Wildman–Crippen MR) is 90.8 cm³/mol. The lowest BCUT2D eigenvalue weighted by Gasteiger charge is -2.18. The molecule has 24 heavy (non-hydrogen) atoms. The SMILES string of the molecule is C#CN(Cc1ccc(Cl)cc1)S(=O)(=O)c1ccc(C(=O)OC)cc1. The molecule has 7 heteroatoms. The molecule has 0 spiro atoms. The fourth-order valence-corrected chi connectivity index (χ4v) is 3.28. The number of sulfonamides is 1. The van der Waals surface area contributed by atoms with E-state index in [4.69, 9.17) is 18.0 Å². The Hall–Kier alpha value is -2.49. The topological polar surface area (TPSA) is 63.7 Å². The maximum atomic E-state index is 12.6. The molecule has 0 aliphatic rings.